The van der Waals surface area contributed by atoms with Gasteiger partial charge in [0.15, 0.2) is 0 Å². The molecule has 0 unspecified atom stereocenters. The second kappa shape index (κ2) is 8.95. The Morgan fingerprint density at radius 3 is 2.41 bits per heavy atom. The van der Waals surface area contributed by atoms with Gasteiger partial charge in [0.2, 0.25) is 0 Å². The number of aromatic nitrogens is 2. The van der Waals surface area contributed by atoms with E-state index in [9.17, 15) is 9.59 Å². The van der Waals surface area contributed by atoms with Crippen molar-refractivity contribution in [3.05, 3.63) is 71.5 Å². The first-order valence-electron chi connectivity index (χ1n) is 12.0. The van der Waals surface area contributed by atoms with Crippen LogP contribution >= 0.6 is 0 Å². The minimum atomic E-state index is -0.347. The van der Waals surface area contributed by atoms with Crippen molar-refractivity contribution in [1.29, 1.82) is 0 Å². The van der Waals surface area contributed by atoms with Crippen LogP contribution < -0.4 is 5.32 Å². The van der Waals surface area contributed by atoms with Crippen LogP contribution in [0.3, 0.4) is 0 Å². The monoisotopic (exact) mass is 454 g/mol. The van der Waals surface area contributed by atoms with Crippen molar-refractivity contribution >= 4 is 44.8 Å². The van der Waals surface area contributed by atoms with E-state index in [2.05, 4.69) is 64.9 Å². The molecule has 1 aliphatic rings. The van der Waals surface area contributed by atoms with Gasteiger partial charge in [-0.15, -0.1) is 0 Å². The molecule has 3 heterocycles. The molecule has 2 aromatic heterocycles. The average molecular weight is 455 g/mol. The minimum absolute atomic E-state index is 0.339. The van der Waals surface area contributed by atoms with Crippen molar-refractivity contribution in [2.75, 3.05) is 19.6 Å². The fourth-order valence-electron chi connectivity index (χ4n) is 5.05. The summed E-state index contributed by atoms with van der Waals surface area (Å²) in [5, 5.41) is 4.48. The van der Waals surface area contributed by atoms with Crippen LogP contribution in [0.5, 0.6) is 0 Å². The Kier molecular flexibility index (Phi) is 5.84. The van der Waals surface area contributed by atoms with Gasteiger partial charge in [0, 0.05) is 51.9 Å². The zero-order valence-corrected chi connectivity index (χ0v) is 19.9. The Morgan fingerprint density at radius 1 is 0.912 bits per heavy atom. The van der Waals surface area contributed by atoms with Crippen LogP contribution in [-0.2, 0) is 16.1 Å². The second-order valence-electron chi connectivity index (χ2n) is 8.92. The molecule has 0 bridgehead atoms. The van der Waals surface area contributed by atoms with E-state index in [1.165, 1.54) is 0 Å². The molecule has 6 heteroatoms. The Balaban J connectivity index is 1.65. The highest BCUT2D eigenvalue weighted by molar-refractivity contribution is 6.50. The summed E-state index contributed by atoms with van der Waals surface area (Å²) in [6.45, 7) is 10.4. The quantitative estimate of drug-likeness (QED) is 0.378. The van der Waals surface area contributed by atoms with Gasteiger partial charge in [-0.1, -0.05) is 43.7 Å². The summed E-state index contributed by atoms with van der Waals surface area (Å²) >= 11 is 0. The standard InChI is InChI=1S/C28H30N4O2/c1-4-31(5-2)13-8-14-32-17-22(20-15-18(3)11-12-24(20)32)26-25(27(33)30-28(26)34)21-16-29-23-10-7-6-9-19(21)23/h6-7,9-12,15-17,29H,4-5,8,13-14H2,1-3H3,(H,30,33,34). The van der Waals surface area contributed by atoms with Crippen LogP contribution in [0.2, 0.25) is 0 Å². The van der Waals surface area contributed by atoms with Crippen LogP contribution in [0.4, 0.5) is 0 Å². The van der Waals surface area contributed by atoms with Crippen LogP contribution in [0.15, 0.2) is 54.9 Å². The van der Waals surface area contributed by atoms with Gasteiger partial charge in [-0.25, -0.2) is 0 Å². The van der Waals surface area contributed by atoms with Gasteiger partial charge >= 0.3 is 0 Å². The molecular formula is C28H30N4O2. The van der Waals surface area contributed by atoms with Gasteiger partial charge in [0.05, 0.1) is 11.1 Å². The predicted octanol–water partition coefficient (Wildman–Crippen LogP) is 4.73. The average Bonchev–Trinajstić information content (AvgIpc) is 3.49. The van der Waals surface area contributed by atoms with Crippen molar-refractivity contribution in [1.82, 2.24) is 19.8 Å². The summed E-state index contributed by atoms with van der Waals surface area (Å²) < 4.78 is 2.23. The van der Waals surface area contributed by atoms with E-state index in [0.717, 1.165) is 71.1 Å². The molecule has 2 N–H and O–H groups in total. The number of hydrogen-bond donors (Lipinski definition) is 2. The summed E-state index contributed by atoms with van der Waals surface area (Å²) in [5.41, 5.74) is 5.59. The number of nitrogens with one attached hydrogen (secondary N) is 2. The Labute approximate surface area is 199 Å². The molecule has 0 saturated carbocycles. The highest BCUT2D eigenvalue weighted by atomic mass is 16.2. The molecule has 0 spiro atoms. The smallest absolute Gasteiger partial charge is 0.259 e. The molecule has 4 aromatic rings. The fourth-order valence-corrected chi connectivity index (χ4v) is 5.05. The third-order valence-electron chi connectivity index (χ3n) is 6.86. The summed E-state index contributed by atoms with van der Waals surface area (Å²) in [6, 6.07) is 14.2. The van der Waals surface area contributed by atoms with Gasteiger partial charge < -0.3 is 14.5 Å². The lowest BCUT2D eigenvalue weighted by molar-refractivity contribution is -0.122. The van der Waals surface area contributed by atoms with E-state index in [4.69, 9.17) is 0 Å². The minimum Gasteiger partial charge on any atom is -0.361 e. The Morgan fingerprint density at radius 2 is 1.65 bits per heavy atom. The molecule has 0 fully saturated rings. The number of carbonyl (C=O) groups excluding carboxylic acids is 2. The lowest BCUT2D eigenvalue weighted by Crippen LogP contribution is -2.24. The summed E-state index contributed by atoms with van der Waals surface area (Å²) in [5.74, 6) is -0.686. The summed E-state index contributed by atoms with van der Waals surface area (Å²) in [6.07, 6.45) is 4.89. The maximum atomic E-state index is 13.1. The van der Waals surface area contributed by atoms with Crippen LogP contribution in [0.25, 0.3) is 33.0 Å². The molecule has 174 valence electrons. The van der Waals surface area contributed by atoms with Crippen LogP contribution in [0, 0.1) is 6.92 Å². The number of aryl methyl sites for hydroxylation is 2. The molecule has 0 saturated heterocycles. The van der Waals surface area contributed by atoms with Gasteiger partial charge in [0.25, 0.3) is 11.8 Å². The third-order valence-corrected chi connectivity index (χ3v) is 6.86. The first kappa shape index (κ1) is 22.2. The highest BCUT2D eigenvalue weighted by Gasteiger charge is 2.35. The van der Waals surface area contributed by atoms with Gasteiger partial charge in [-0.3, -0.25) is 14.9 Å². The van der Waals surface area contributed by atoms with E-state index in [1.807, 2.05) is 30.5 Å². The molecule has 2 amide bonds. The molecule has 34 heavy (non-hydrogen) atoms. The number of H-pyrrole nitrogens is 1. The molecule has 0 atom stereocenters. The lowest BCUT2D eigenvalue weighted by atomic mass is 9.95. The van der Waals surface area contributed by atoms with Crippen molar-refractivity contribution in [3.8, 4) is 0 Å². The van der Waals surface area contributed by atoms with E-state index in [1.54, 1.807) is 0 Å². The molecule has 1 aliphatic heterocycles. The van der Waals surface area contributed by atoms with Crippen molar-refractivity contribution < 1.29 is 9.59 Å². The van der Waals surface area contributed by atoms with E-state index < -0.39 is 0 Å². The van der Waals surface area contributed by atoms with E-state index in [-0.39, 0.29) is 11.8 Å². The zero-order chi connectivity index (χ0) is 23.8. The number of hydrogen-bond acceptors (Lipinski definition) is 3. The maximum absolute atomic E-state index is 13.1. The largest absolute Gasteiger partial charge is 0.361 e. The normalized spacial score (nSPS) is 14.2. The number of rotatable bonds is 8. The summed E-state index contributed by atoms with van der Waals surface area (Å²) in [7, 11) is 0. The molecular weight excluding hydrogens is 424 g/mol. The van der Waals surface area contributed by atoms with Crippen LogP contribution in [0.1, 0.15) is 37.0 Å². The zero-order valence-electron chi connectivity index (χ0n) is 19.9. The van der Waals surface area contributed by atoms with Crippen molar-refractivity contribution in [2.45, 2.75) is 33.7 Å². The number of amides is 2. The first-order chi connectivity index (χ1) is 16.5. The number of para-hydroxylation sites is 1. The molecule has 0 aliphatic carbocycles. The fraction of sp³-hybridized carbons (Fsp3) is 0.286. The number of nitrogens with zero attached hydrogens (tertiary/aromatic N) is 2. The van der Waals surface area contributed by atoms with Crippen molar-refractivity contribution in [3.63, 3.8) is 0 Å². The first-order valence-corrected chi connectivity index (χ1v) is 12.0. The summed E-state index contributed by atoms with van der Waals surface area (Å²) in [4.78, 5) is 31.8. The number of fused-ring (bicyclic) bond motifs is 2. The second-order valence-corrected chi connectivity index (χ2v) is 8.92. The Bertz CT molecular complexity index is 1440. The SMILES string of the molecule is CCN(CC)CCCn1cc(C2=C(c3c[nH]c4ccccc34)C(=O)NC2=O)c2cc(C)ccc21. The molecule has 0 radical (unpaired) electrons. The molecule has 2 aromatic carbocycles. The number of imide groups is 1. The third kappa shape index (κ3) is 3.74. The van der Waals surface area contributed by atoms with E-state index in [0.29, 0.717) is 11.1 Å². The molecule has 6 nitrogen and oxygen atoms in total. The van der Waals surface area contributed by atoms with Gasteiger partial charge in [-0.2, -0.15) is 0 Å². The van der Waals surface area contributed by atoms with E-state index >= 15 is 0 Å². The maximum Gasteiger partial charge on any atom is 0.259 e. The topological polar surface area (TPSA) is 70.1 Å². The van der Waals surface area contributed by atoms with Gasteiger partial charge in [-0.05, 0) is 51.2 Å². The van der Waals surface area contributed by atoms with Gasteiger partial charge in [0.1, 0.15) is 0 Å². The predicted molar refractivity (Wildman–Crippen MR) is 137 cm³/mol. The number of carbonyl (C=O) groups is 2. The van der Waals surface area contributed by atoms with Crippen LogP contribution in [-0.4, -0.2) is 45.9 Å². The number of aromatic amines is 1. The van der Waals surface area contributed by atoms with Crippen molar-refractivity contribution in [2.24, 2.45) is 0 Å². The number of benzene rings is 2. The lowest BCUT2D eigenvalue weighted by Gasteiger charge is -2.18. The highest BCUT2D eigenvalue weighted by Crippen LogP contribution is 2.38. The Hall–Kier alpha value is -3.64. The molecule has 5 rings (SSSR count).